The van der Waals surface area contributed by atoms with Gasteiger partial charge < -0.3 is 9.97 Å². The SMILES string of the molecule is CC.CC(=O)c1c(-c2cccnc2)c2[nH]c3ccc(Cl)cc3c2[nH]c1=O. The summed E-state index contributed by atoms with van der Waals surface area (Å²) in [6, 6.07) is 8.99. The van der Waals surface area contributed by atoms with Crippen LogP contribution in [0.25, 0.3) is 33.1 Å². The maximum atomic E-state index is 12.6. The van der Waals surface area contributed by atoms with Gasteiger partial charge in [-0.05, 0) is 31.2 Å². The first-order valence-corrected chi connectivity index (χ1v) is 8.72. The number of nitrogens with zero attached hydrogens (tertiary/aromatic N) is 1. The minimum Gasteiger partial charge on any atom is -0.353 e. The summed E-state index contributed by atoms with van der Waals surface area (Å²) < 4.78 is 0. The third-order valence-corrected chi connectivity index (χ3v) is 4.26. The Hall–Kier alpha value is -2.92. The van der Waals surface area contributed by atoms with Crippen LogP contribution in [0.3, 0.4) is 0 Å². The third-order valence-electron chi connectivity index (χ3n) is 4.03. The quantitative estimate of drug-likeness (QED) is 0.492. The number of fused-ring (bicyclic) bond motifs is 3. The number of rotatable bonds is 2. The molecular weight excluding hydrogens is 350 g/mol. The van der Waals surface area contributed by atoms with Gasteiger partial charge in [0.2, 0.25) is 0 Å². The van der Waals surface area contributed by atoms with E-state index >= 15 is 0 Å². The van der Waals surface area contributed by atoms with E-state index in [9.17, 15) is 9.59 Å². The summed E-state index contributed by atoms with van der Waals surface area (Å²) in [5.74, 6) is -0.298. The molecule has 0 spiro atoms. The van der Waals surface area contributed by atoms with Crippen molar-refractivity contribution in [2.24, 2.45) is 0 Å². The Morgan fingerprint density at radius 3 is 2.54 bits per heavy atom. The summed E-state index contributed by atoms with van der Waals surface area (Å²) in [7, 11) is 0. The lowest BCUT2D eigenvalue weighted by atomic mass is 9.98. The molecule has 3 heterocycles. The van der Waals surface area contributed by atoms with Crippen LogP contribution < -0.4 is 5.56 Å². The second-order valence-electron chi connectivity index (χ2n) is 5.57. The van der Waals surface area contributed by atoms with Gasteiger partial charge in [-0.25, -0.2) is 0 Å². The highest BCUT2D eigenvalue weighted by molar-refractivity contribution is 6.32. The van der Waals surface area contributed by atoms with Crippen LogP contribution in [-0.2, 0) is 0 Å². The van der Waals surface area contributed by atoms with Crippen molar-refractivity contribution in [3.63, 3.8) is 0 Å². The average molecular weight is 368 g/mol. The fourth-order valence-electron chi connectivity index (χ4n) is 3.03. The summed E-state index contributed by atoms with van der Waals surface area (Å²) in [5, 5.41) is 1.37. The van der Waals surface area contributed by atoms with Crippen molar-refractivity contribution < 1.29 is 4.79 Å². The summed E-state index contributed by atoms with van der Waals surface area (Å²) >= 11 is 6.08. The highest BCUT2D eigenvalue weighted by atomic mass is 35.5. The first-order valence-electron chi connectivity index (χ1n) is 8.35. The minimum atomic E-state index is -0.422. The molecule has 3 aromatic heterocycles. The third kappa shape index (κ3) is 2.91. The Balaban J connectivity index is 0.000000948. The van der Waals surface area contributed by atoms with Crippen LogP contribution >= 0.6 is 11.6 Å². The van der Waals surface area contributed by atoms with E-state index in [0.29, 0.717) is 27.2 Å². The van der Waals surface area contributed by atoms with E-state index in [1.165, 1.54) is 6.92 Å². The molecule has 0 saturated heterocycles. The lowest BCUT2D eigenvalue weighted by Gasteiger charge is -2.08. The monoisotopic (exact) mass is 367 g/mol. The van der Waals surface area contributed by atoms with E-state index in [-0.39, 0.29) is 11.3 Å². The molecule has 26 heavy (non-hydrogen) atoms. The molecule has 5 nitrogen and oxygen atoms in total. The van der Waals surface area contributed by atoms with Crippen LogP contribution in [0, 0.1) is 0 Å². The van der Waals surface area contributed by atoms with Gasteiger partial charge in [0, 0.05) is 39.4 Å². The number of ketones is 1. The lowest BCUT2D eigenvalue weighted by molar-refractivity contribution is 0.101. The molecule has 1 aromatic carbocycles. The second kappa shape index (κ2) is 7.14. The van der Waals surface area contributed by atoms with Crippen molar-refractivity contribution in [1.82, 2.24) is 15.0 Å². The molecule has 0 fully saturated rings. The normalized spacial score (nSPS) is 10.6. The zero-order valence-electron chi connectivity index (χ0n) is 14.7. The van der Waals surface area contributed by atoms with Gasteiger partial charge in [-0.1, -0.05) is 31.5 Å². The van der Waals surface area contributed by atoms with E-state index in [4.69, 9.17) is 11.6 Å². The van der Waals surface area contributed by atoms with E-state index in [1.54, 1.807) is 30.6 Å². The molecule has 132 valence electrons. The van der Waals surface area contributed by atoms with Crippen molar-refractivity contribution in [2.45, 2.75) is 20.8 Å². The largest absolute Gasteiger partial charge is 0.353 e. The van der Waals surface area contributed by atoms with Crippen LogP contribution in [0.15, 0.2) is 47.5 Å². The van der Waals surface area contributed by atoms with Crippen molar-refractivity contribution in [3.8, 4) is 11.1 Å². The van der Waals surface area contributed by atoms with Gasteiger partial charge in [0.15, 0.2) is 5.78 Å². The molecule has 2 N–H and O–H groups in total. The Kier molecular flexibility index (Phi) is 4.91. The number of carbonyl (C=O) groups is 1. The molecule has 0 radical (unpaired) electrons. The van der Waals surface area contributed by atoms with Crippen molar-refractivity contribution in [3.05, 3.63) is 63.7 Å². The number of hydrogen-bond acceptors (Lipinski definition) is 3. The first-order chi connectivity index (χ1) is 12.6. The second-order valence-corrected chi connectivity index (χ2v) is 6.00. The standard InChI is InChI=1S/C18H12ClN3O2.C2H6/c1-9(23)14-15(10-3-2-6-20-8-10)17-16(22-18(14)24)12-7-11(19)4-5-13(12)21-17;1-2/h2-8,21H,1H3,(H,22,24);1-2H3. The summed E-state index contributed by atoms with van der Waals surface area (Å²) in [6.45, 7) is 5.38. The molecule has 4 rings (SSSR count). The van der Waals surface area contributed by atoms with Crippen LogP contribution in [0.1, 0.15) is 31.1 Å². The maximum Gasteiger partial charge on any atom is 0.260 e. The number of carbonyl (C=O) groups excluding carboxylic acids is 1. The smallest absolute Gasteiger partial charge is 0.260 e. The van der Waals surface area contributed by atoms with Crippen LogP contribution in [0.4, 0.5) is 0 Å². The van der Waals surface area contributed by atoms with Gasteiger partial charge in [-0.3, -0.25) is 14.6 Å². The fraction of sp³-hybridized carbons (Fsp3) is 0.150. The number of benzene rings is 1. The summed E-state index contributed by atoms with van der Waals surface area (Å²) in [4.78, 5) is 34.9. The fourth-order valence-corrected chi connectivity index (χ4v) is 3.20. The molecule has 0 atom stereocenters. The zero-order chi connectivity index (χ0) is 18.8. The molecule has 6 heteroatoms. The molecule has 0 aliphatic rings. The van der Waals surface area contributed by atoms with Gasteiger partial charge in [0.1, 0.15) is 0 Å². The minimum absolute atomic E-state index is 0.119. The topological polar surface area (TPSA) is 78.6 Å². The number of pyridine rings is 2. The zero-order valence-corrected chi connectivity index (χ0v) is 15.4. The van der Waals surface area contributed by atoms with Crippen molar-refractivity contribution in [2.75, 3.05) is 0 Å². The number of halogens is 1. The Bertz CT molecular complexity index is 1160. The Morgan fingerprint density at radius 1 is 1.12 bits per heavy atom. The predicted octanol–water partition coefficient (Wildman–Crippen LogP) is 4.95. The number of aromatic amines is 2. The van der Waals surface area contributed by atoms with Gasteiger partial charge >= 0.3 is 0 Å². The predicted molar refractivity (Wildman–Crippen MR) is 106 cm³/mol. The van der Waals surface area contributed by atoms with Gasteiger partial charge in [0.25, 0.3) is 5.56 Å². The van der Waals surface area contributed by atoms with Crippen LogP contribution in [0.5, 0.6) is 0 Å². The van der Waals surface area contributed by atoms with Gasteiger partial charge in [-0.2, -0.15) is 0 Å². The summed E-state index contributed by atoms with van der Waals surface area (Å²) in [5.41, 5.74) is 3.10. The van der Waals surface area contributed by atoms with Crippen LogP contribution in [-0.4, -0.2) is 20.7 Å². The molecular formula is C20H18ClN3O2. The molecule has 0 aliphatic heterocycles. The molecule has 0 amide bonds. The van der Waals surface area contributed by atoms with E-state index in [2.05, 4.69) is 15.0 Å². The number of aromatic nitrogens is 3. The molecule has 0 aliphatic carbocycles. The average Bonchev–Trinajstić information content (AvgIpc) is 3.00. The van der Waals surface area contributed by atoms with E-state index < -0.39 is 5.56 Å². The summed E-state index contributed by atoms with van der Waals surface area (Å²) in [6.07, 6.45) is 3.28. The van der Waals surface area contributed by atoms with Crippen molar-refractivity contribution >= 4 is 39.3 Å². The highest BCUT2D eigenvalue weighted by Crippen LogP contribution is 2.33. The van der Waals surface area contributed by atoms with E-state index in [1.807, 2.05) is 26.0 Å². The Morgan fingerprint density at radius 2 is 1.88 bits per heavy atom. The number of H-pyrrole nitrogens is 2. The number of nitrogens with one attached hydrogen (secondary N) is 2. The highest BCUT2D eigenvalue weighted by Gasteiger charge is 2.20. The lowest BCUT2D eigenvalue weighted by Crippen LogP contribution is -2.17. The first kappa shape index (κ1) is 17.9. The molecule has 4 aromatic rings. The maximum absolute atomic E-state index is 12.6. The Labute approximate surface area is 155 Å². The molecule has 0 bridgehead atoms. The van der Waals surface area contributed by atoms with Crippen LogP contribution in [0.2, 0.25) is 5.02 Å². The van der Waals surface area contributed by atoms with Crippen molar-refractivity contribution in [1.29, 1.82) is 0 Å². The van der Waals surface area contributed by atoms with Gasteiger partial charge in [-0.15, -0.1) is 0 Å². The molecule has 0 saturated carbocycles. The van der Waals surface area contributed by atoms with E-state index in [0.717, 1.165) is 10.9 Å². The number of hydrogen-bond donors (Lipinski definition) is 2. The van der Waals surface area contributed by atoms with Gasteiger partial charge in [0.05, 0.1) is 16.6 Å². The molecule has 0 unspecified atom stereocenters. The number of Topliss-reactive ketones (excluding diaryl/α,β-unsaturated/α-hetero) is 1.